The monoisotopic (exact) mass is 198 g/mol. The van der Waals surface area contributed by atoms with Gasteiger partial charge in [-0.1, -0.05) is 13.8 Å². The Morgan fingerprint density at radius 3 is 2.50 bits per heavy atom. The van der Waals surface area contributed by atoms with Crippen LogP contribution < -0.4 is 5.73 Å². The summed E-state index contributed by atoms with van der Waals surface area (Å²) in [4.78, 5) is 2.64. The van der Waals surface area contributed by atoms with Crippen LogP contribution >= 0.6 is 0 Å². The summed E-state index contributed by atoms with van der Waals surface area (Å²) >= 11 is 0. The van der Waals surface area contributed by atoms with Gasteiger partial charge in [-0.05, 0) is 51.6 Å². The smallest absolute Gasteiger partial charge is 0.0107 e. The van der Waals surface area contributed by atoms with Crippen LogP contribution in [-0.4, -0.2) is 30.1 Å². The normalized spacial score (nSPS) is 34.1. The van der Waals surface area contributed by atoms with Gasteiger partial charge in [-0.2, -0.15) is 0 Å². The Morgan fingerprint density at radius 2 is 2.00 bits per heavy atom. The Kier molecular flexibility index (Phi) is 4.39. The van der Waals surface area contributed by atoms with E-state index in [1.165, 1.54) is 19.4 Å². The van der Waals surface area contributed by atoms with E-state index in [1.54, 1.807) is 0 Å². The summed E-state index contributed by atoms with van der Waals surface area (Å²) < 4.78 is 0. The Hall–Kier alpha value is -0.0800. The number of hydrogen-bond donors (Lipinski definition) is 1. The first-order valence-corrected chi connectivity index (χ1v) is 6.02. The minimum absolute atomic E-state index is 0.617. The lowest BCUT2D eigenvalue weighted by Gasteiger charge is -2.42. The highest BCUT2D eigenvalue weighted by Crippen LogP contribution is 2.25. The van der Waals surface area contributed by atoms with Crippen molar-refractivity contribution < 1.29 is 0 Å². The Morgan fingerprint density at radius 1 is 1.36 bits per heavy atom. The van der Waals surface area contributed by atoms with Crippen molar-refractivity contribution in [2.75, 3.05) is 13.1 Å². The van der Waals surface area contributed by atoms with Crippen LogP contribution in [0, 0.1) is 11.8 Å². The van der Waals surface area contributed by atoms with Gasteiger partial charge in [0.2, 0.25) is 0 Å². The largest absolute Gasteiger partial charge is 0.330 e. The lowest BCUT2D eigenvalue weighted by atomic mass is 9.90. The molecule has 0 amide bonds. The van der Waals surface area contributed by atoms with E-state index in [0.29, 0.717) is 12.0 Å². The molecule has 0 aliphatic carbocycles. The maximum absolute atomic E-state index is 5.73. The molecule has 1 saturated heterocycles. The molecule has 1 fully saturated rings. The van der Waals surface area contributed by atoms with E-state index in [2.05, 4.69) is 32.6 Å². The molecule has 4 atom stereocenters. The molecule has 2 N–H and O–H groups in total. The van der Waals surface area contributed by atoms with E-state index in [-0.39, 0.29) is 0 Å². The van der Waals surface area contributed by atoms with Crippen LogP contribution in [0.2, 0.25) is 0 Å². The van der Waals surface area contributed by atoms with E-state index in [9.17, 15) is 0 Å². The number of likely N-dealkylation sites (tertiary alicyclic amines) is 1. The maximum atomic E-state index is 5.73. The van der Waals surface area contributed by atoms with Gasteiger partial charge in [0, 0.05) is 12.1 Å². The van der Waals surface area contributed by atoms with Gasteiger partial charge in [0.1, 0.15) is 0 Å². The molecule has 4 unspecified atom stereocenters. The summed E-state index contributed by atoms with van der Waals surface area (Å²) in [6.45, 7) is 11.4. The van der Waals surface area contributed by atoms with Crippen molar-refractivity contribution in [2.24, 2.45) is 17.6 Å². The lowest BCUT2D eigenvalue weighted by molar-refractivity contribution is 0.0661. The summed E-state index contributed by atoms with van der Waals surface area (Å²) in [5, 5.41) is 0. The summed E-state index contributed by atoms with van der Waals surface area (Å²) in [6.07, 6.45) is 2.70. The molecule has 0 bridgehead atoms. The average molecular weight is 198 g/mol. The number of hydrogen-bond acceptors (Lipinski definition) is 2. The highest BCUT2D eigenvalue weighted by Gasteiger charge is 2.28. The molecular weight excluding hydrogens is 172 g/mol. The predicted octanol–water partition coefficient (Wildman–Crippen LogP) is 2.09. The molecular formula is C12H26N2. The molecule has 0 radical (unpaired) electrons. The molecule has 1 heterocycles. The average Bonchev–Trinajstić information content (AvgIpc) is 2.15. The molecule has 0 aromatic heterocycles. The Bertz CT molecular complexity index is 170. The molecule has 14 heavy (non-hydrogen) atoms. The molecule has 1 aliphatic rings. The van der Waals surface area contributed by atoms with Crippen molar-refractivity contribution in [3.63, 3.8) is 0 Å². The summed E-state index contributed by atoms with van der Waals surface area (Å²) in [7, 11) is 0. The van der Waals surface area contributed by atoms with Crippen molar-refractivity contribution in [1.29, 1.82) is 0 Å². The third-order valence-corrected chi connectivity index (χ3v) is 3.91. The van der Waals surface area contributed by atoms with Gasteiger partial charge in [-0.3, -0.25) is 4.90 Å². The SMILES string of the molecule is CC1CCN(C(C)C(C)CN)C(C)C1. The summed E-state index contributed by atoms with van der Waals surface area (Å²) in [5.41, 5.74) is 5.73. The fraction of sp³-hybridized carbons (Fsp3) is 1.00. The van der Waals surface area contributed by atoms with Gasteiger partial charge in [0.05, 0.1) is 0 Å². The quantitative estimate of drug-likeness (QED) is 0.752. The fourth-order valence-corrected chi connectivity index (χ4v) is 2.55. The third-order valence-electron chi connectivity index (χ3n) is 3.91. The van der Waals surface area contributed by atoms with Crippen molar-refractivity contribution in [3.05, 3.63) is 0 Å². The van der Waals surface area contributed by atoms with Gasteiger partial charge in [0.15, 0.2) is 0 Å². The second-order valence-corrected chi connectivity index (χ2v) is 5.17. The molecule has 0 aromatic rings. The van der Waals surface area contributed by atoms with Gasteiger partial charge in [0.25, 0.3) is 0 Å². The Balaban J connectivity index is 2.51. The first kappa shape index (κ1) is 12.0. The zero-order valence-corrected chi connectivity index (χ0v) is 10.2. The van der Waals surface area contributed by atoms with Crippen LogP contribution in [0.5, 0.6) is 0 Å². The molecule has 2 nitrogen and oxygen atoms in total. The second kappa shape index (κ2) is 5.13. The fourth-order valence-electron chi connectivity index (χ4n) is 2.55. The summed E-state index contributed by atoms with van der Waals surface area (Å²) in [6, 6.07) is 1.38. The van der Waals surface area contributed by atoms with Gasteiger partial charge < -0.3 is 5.73 Å². The minimum Gasteiger partial charge on any atom is -0.330 e. The standard InChI is InChI=1S/C12H26N2/c1-9-5-6-14(11(3)7-9)12(4)10(2)8-13/h9-12H,5-8,13H2,1-4H3. The molecule has 1 rings (SSSR count). The minimum atomic E-state index is 0.617. The first-order valence-electron chi connectivity index (χ1n) is 6.02. The first-order chi connectivity index (χ1) is 6.56. The number of nitrogens with zero attached hydrogens (tertiary/aromatic N) is 1. The van der Waals surface area contributed by atoms with E-state index in [0.717, 1.165) is 18.5 Å². The zero-order chi connectivity index (χ0) is 10.7. The highest BCUT2D eigenvalue weighted by atomic mass is 15.2. The number of nitrogens with two attached hydrogens (primary N) is 1. The lowest BCUT2D eigenvalue weighted by Crippen LogP contribution is -2.49. The predicted molar refractivity (Wildman–Crippen MR) is 62.2 cm³/mol. The topological polar surface area (TPSA) is 29.3 Å². The van der Waals surface area contributed by atoms with Crippen LogP contribution in [-0.2, 0) is 0 Å². The van der Waals surface area contributed by atoms with Crippen molar-refractivity contribution >= 4 is 0 Å². The van der Waals surface area contributed by atoms with E-state index < -0.39 is 0 Å². The van der Waals surface area contributed by atoms with E-state index >= 15 is 0 Å². The van der Waals surface area contributed by atoms with Crippen molar-refractivity contribution in [3.8, 4) is 0 Å². The number of piperidine rings is 1. The maximum Gasteiger partial charge on any atom is 0.0107 e. The van der Waals surface area contributed by atoms with Crippen molar-refractivity contribution in [2.45, 2.75) is 52.6 Å². The van der Waals surface area contributed by atoms with Gasteiger partial charge >= 0.3 is 0 Å². The van der Waals surface area contributed by atoms with Gasteiger partial charge in [-0.15, -0.1) is 0 Å². The molecule has 0 aromatic carbocycles. The third kappa shape index (κ3) is 2.71. The highest BCUT2D eigenvalue weighted by molar-refractivity contribution is 4.83. The molecule has 0 spiro atoms. The van der Waals surface area contributed by atoms with Crippen LogP contribution in [0.25, 0.3) is 0 Å². The van der Waals surface area contributed by atoms with Crippen LogP contribution in [0.1, 0.15) is 40.5 Å². The zero-order valence-electron chi connectivity index (χ0n) is 10.2. The van der Waals surface area contributed by atoms with Crippen LogP contribution in [0.4, 0.5) is 0 Å². The van der Waals surface area contributed by atoms with Crippen LogP contribution in [0.15, 0.2) is 0 Å². The number of rotatable bonds is 3. The molecule has 2 heteroatoms. The summed E-state index contributed by atoms with van der Waals surface area (Å²) in [5.74, 6) is 1.52. The Labute approximate surface area is 88.8 Å². The molecule has 1 aliphatic heterocycles. The van der Waals surface area contributed by atoms with E-state index in [1.807, 2.05) is 0 Å². The molecule has 84 valence electrons. The molecule has 0 saturated carbocycles. The van der Waals surface area contributed by atoms with Crippen molar-refractivity contribution in [1.82, 2.24) is 4.90 Å². The van der Waals surface area contributed by atoms with Crippen LogP contribution in [0.3, 0.4) is 0 Å². The van der Waals surface area contributed by atoms with Gasteiger partial charge in [-0.25, -0.2) is 0 Å². The second-order valence-electron chi connectivity index (χ2n) is 5.17. The van der Waals surface area contributed by atoms with E-state index in [4.69, 9.17) is 5.73 Å².